The van der Waals surface area contributed by atoms with Crippen molar-refractivity contribution in [2.75, 3.05) is 0 Å². The van der Waals surface area contributed by atoms with Gasteiger partial charge in [-0.2, -0.15) is 0 Å². The fourth-order valence-corrected chi connectivity index (χ4v) is 6.05. The van der Waals surface area contributed by atoms with Gasteiger partial charge in [-0.3, -0.25) is 0 Å². The fraction of sp³-hybridized carbons (Fsp3) is 1.00. The molecule has 0 radical (unpaired) electrons. The van der Waals surface area contributed by atoms with E-state index in [4.69, 9.17) is 4.74 Å². The van der Waals surface area contributed by atoms with Crippen LogP contribution in [-0.4, -0.2) is 17.5 Å². The molecule has 0 spiro atoms. The van der Waals surface area contributed by atoms with Gasteiger partial charge in [0.15, 0.2) is 6.29 Å². The van der Waals surface area contributed by atoms with Crippen LogP contribution in [-0.2, 0) is 4.74 Å². The first-order valence-corrected chi connectivity index (χ1v) is 9.53. The molecule has 2 fully saturated rings. The third kappa shape index (κ3) is 3.23. The zero-order chi connectivity index (χ0) is 18.0. The molecule has 1 saturated heterocycles. The molecule has 2 aliphatic rings. The Labute approximate surface area is 144 Å². The number of aliphatic hydroxyl groups excluding tert-OH is 1. The predicted molar refractivity (Wildman–Crippen MR) is 97.0 cm³/mol. The summed E-state index contributed by atoms with van der Waals surface area (Å²) in [4.78, 5) is 0. The van der Waals surface area contributed by atoms with Gasteiger partial charge in [-0.25, -0.2) is 0 Å². The van der Waals surface area contributed by atoms with Crippen LogP contribution in [0.15, 0.2) is 0 Å². The van der Waals surface area contributed by atoms with E-state index in [2.05, 4.69) is 69.2 Å². The van der Waals surface area contributed by atoms with Gasteiger partial charge < -0.3 is 9.84 Å². The summed E-state index contributed by atoms with van der Waals surface area (Å²) < 4.78 is 6.35. The van der Waals surface area contributed by atoms with Crippen molar-refractivity contribution in [3.63, 3.8) is 0 Å². The number of rotatable bonds is 2. The molecular weight excluding hydrogens is 284 g/mol. The van der Waals surface area contributed by atoms with Crippen LogP contribution >= 0.6 is 0 Å². The van der Waals surface area contributed by atoms with Crippen molar-refractivity contribution in [3.05, 3.63) is 0 Å². The summed E-state index contributed by atoms with van der Waals surface area (Å²) in [5.74, 6) is 2.23. The van der Waals surface area contributed by atoms with Crippen LogP contribution in [0, 0.1) is 45.8 Å². The molecule has 5 unspecified atom stereocenters. The fourth-order valence-electron chi connectivity index (χ4n) is 6.05. The molecule has 1 heterocycles. The van der Waals surface area contributed by atoms with Crippen molar-refractivity contribution in [2.24, 2.45) is 45.8 Å². The molecule has 6 atom stereocenters. The molecule has 1 aliphatic carbocycles. The van der Waals surface area contributed by atoms with E-state index in [1.165, 1.54) is 0 Å². The first-order valence-electron chi connectivity index (χ1n) is 9.53. The molecule has 1 N–H and O–H groups in total. The number of hydrogen-bond acceptors (Lipinski definition) is 2. The van der Waals surface area contributed by atoms with Gasteiger partial charge >= 0.3 is 0 Å². The van der Waals surface area contributed by atoms with Gasteiger partial charge in [0.25, 0.3) is 0 Å². The lowest BCUT2D eigenvalue weighted by molar-refractivity contribution is -0.276. The van der Waals surface area contributed by atoms with E-state index in [1.807, 2.05) is 0 Å². The summed E-state index contributed by atoms with van der Waals surface area (Å²) in [6, 6.07) is 0. The molecular formula is C21H40O2. The highest BCUT2D eigenvalue weighted by molar-refractivity contribution is 5.09. The highest BCUT2D eigenvalue weighted by Crippen LogP contribution is 2.65. The summed E-state index contributed by atoms with van der Waals surface area (Å²) in [7, 11) is 0. The summed E-state index contributed by atoms with van der Waals surface area (Å²) in [5.41, 5.74) is 0.545. The lowest BCUT2D eigenvalue weighted by atomic mass is 9.57. The summed E-state index contributed by atoms with van der Waals surface area (Å²) >= 11 is 0. The quantitative estimate of drug-likeness (QED) is 0.742. The Morgan fingerprint density at radius 1 is 0.957 bits per heavy atom. The van der Waals surface area contributed by atoms with Crippen molar-refractivity contribution in [1.29, 1.82) is 0 Å². The van der Waals surface area contributed by atoms with E-state index in [0.717, 1.165) is 6.42 Å². The average Bonchev–Trinajstić information content (AvgIpc) is 2.52. The van der Waals surface area contributed by atoms with Gasteiger partial charge in [0.2, 0.25) is 0 Å². The second-order valence-electron chi connectivity index (χ2n) is 11.2. The van der Waals surface area contributed by atoms with E-state index in [-0.39, 0.29) is 28.3 Å². The van der Waals surface area contributed by atoms with E-state index in [9.17, 15) is 5.11 Å². The molecule has 0 amide bonds. The van der Waals surface area contributed by atoms with Gasteiger partial charge in [-0.1, -0.05) is 69.2 Å². The third-order valence-corrected chi connectivity index (χ3v) is 7.02. The normalized spacial score (nSPS) is 41.0. The van der Waals surface area contributed by atoms with E-state index in [1.54, 1.807) is 0 Å². The minimum absolute atomic E-state index is 0.128. The van der Waals surface area contributed by atoms with E-state index >= 15 is 0 Å². The molecule has 0 bridgehead atoms. The molecule has 1 aliphatic heterocycles. The van der Waals surface area contributed by atoms with Gasteiger partial charge in [-0.15, -0.1) is 0 Å². The Bertz CT molecular complexity index is 430. The summed E-state index contributed by atoms with van der Waals surface area (Å²) in [6.07, 6.45) is 0.673. The van der Waals surface area contributed by atoms with Gasteiger partial charge in [0.05, 0.1) is 6.10 Å². The molecule has 1 saturated carbocycles. The van der Waals surface area contributed by atoms with Crippen LogP contribution in [0.3, 0.4) is 0 Å². The smallest absolute Gasteiger partial charge is 0.158 e. The maximum atomic E-state index is 10.9. The second kappa shape index (κ2) is 5.73. The molecule has 0 aromatic rings. The van der Waals surface area contributed by atoms with Crippen LogP contribution < -0.4 is 0 Å². The standard InChI is InChI=1S/C21H40O2/c1-12(2)13(3)17-15(19(4,5)6)14-16(18(22)23-17)21(9,10)11-20(14,7)8/h12-18,22H,11H2,1-10H3/t13-,14?,15?,16?,17?,18?/m0/s1. The highest BCUT2D eigenvalue weighted by Gasteiger charge is 2.63. The van der Waals surface area contributed by atoms with Crippen molar-refractivity contribution < 1.29 is 9.84 Å². The molecule has 136 valence electrons. The lowest BCUT2D eigenvalue weighted by Crippen LogP contribution is -2.57. The SMILES string of the molecule is CC(C)[C@H](C)C1OC(O)C2C(C1C(C)(C)C)C(C)(C)CC2(C)C. The van der Waals surface area contributed by atoms with Gasteiger partial charge in [0, 0.05) is 5.92 Å². The largest absolute Gasteiger partial charge is 0.368 e. The van der Waals surface area contributed by atoms with Crippen molar-refractivity contribution in [2.45, 2.75) is 88.1 Å². The Morgan fingerprint density at radius 2 is 1.43 bits per heavy atom. The topological polar surface area (TPSA) is 29.5 Å². The zero-order valence-corrected chi connectivity index (χ0v) is 17.1. The Balaban J connectivity index is 2.53. The Hall–Kier alpha value is -0.0800. The monoisotopic (exact) mass is 324 g/mol. The average molecular weight is 325 g/mol. The van der Waals surface area contributed by atoms with E-state index in [0.29, 0.717) is 23.7 Å². The van der Waals surface area contributed by atoms with E-state index < -0.39 is 6.29 Å². The van der Waals surface area contributed by atoms with Crippen LogP contribution in [0.5, 0.6) is 0 Å². The summed E-state index contributed by atoms with van der Waals surface area (Å²) in [5, 5.41) is 10.9. The second-order valence-corrected chi connectivity index (χ2v) is 11.2. The number of aliphatic hydroxyl groups is 1. The van der Waals surface area contributed by atoms with Crippen molar-refractivity contribution in [1.82, 2.24) is 0 Å². The minimum Gasteiger partial charge on any atom is -0.368 e. The van der Waals surface area contributed by atoms with Crippen LogP contribution in [0.4, 0.5) is 0 Å². The molecule has 2 heteroatoms. The molecule has 2 nitrogen and oxygen atoms in total. The van der Waals surface area contributed by atoms with Gasteiger partial charge in [-0.05, 0) is 46.3 Å². The molecule has 0 aromatic heterocycles. The lowest BCUT2D eigenvalue weighted by Gasteiger charge is -2.55. The van der Waals surface area contributed by atoms with Crippen molar-refractivity contribution in [3.8, 4) is 0 Å². The Kier molecular flexibility index (Phi) is 4.79. The van der Waals surface area contributed by atoms with Crippen LogP contribution in [0.2, 0.25) is 0 Å². The van der Waals surface area contributed by atoms with Crippen LogP contribution in [0.25, 0.3) is 0 Å². The predicted octanol–water partition coefficient (Wildman–Crippen LogP) is 5.35. The maximum Gasteiger partial charge on any atom is 0.158 e. The first-order chi connectivity index (χ1) is 10.2. The molecule has 23 heavy (non-hydrogen) atoms. The molecule has 0 aromatic carbocycles. The van der Waals surface area contributed by atoms with Crippen molar-refractivity contribution >= 4 is 0 Å². The number of hydrogen-bond donors (Lipinski definition) is 1. The zero-order valence-electron chi connectivity index (χ0n) is 17.1. The number of fused-ring (bicyclic) bond motifs is 1. The van der Waals surface area contributed by atoms with Gasteiger partial charge in [0.1, 0.15) is 0 Å². The first kappa shape index (κ1) is 19.2. The minimum atomic E-state index is -0.624. The third-order valence-electron chi connectivity index (χ3n) is 7.02. The Morgan fingerprint density at radius 3 is 1.87 bits per heavy atom. The summed E-state index contributed by atoms with van der Waals surface area (Å²) in [6.45, 7) is 23.4. The van der Waals surface area contributed by atoms with Crippen LogP contribution in [0.1, 0.15) is 75.7 Å². The maximum absolute atomic E-state index is 10.9. The molecule has 2 rings (SSSR count). The number of ether oxygens (including phenoxy) is 1. The highest BCUT2D eigenvalue weighted by atomic mass is 16.6.